The Bertz CT molecular complexity index is 741. The summed E-state index contributed by atoms with van der Waals surface area (Å²) in [5.74, 6) is 0.407. The molecule has 140 valence electrons. The number of nitrogens with one attached hydrogen (secondary N) is 1. The minimum atomic E-state index is -0.336. The molecule has 4 nitrogen and oxygen atoms in total. The van der Waals surface area contributed by atoms with E-state index in [2.05, 4.69) is 5.32 Å². The quantitative estimate of drug-likeness (QED) is 0.805. The summed E-state index contributed by atoms with van der Waals surface area (Å²) < 4.78 is 18.8. The highest BCUT2D eigenvalue weighted by atomic mass is 35.5. The van der Waals surface area contributed by atoms with Crippen LogP contribution in [0.1, 0.15) is 35.2 Å². The van der Waals surface area contributed by atoms with E-state index >= 15 is 0 Å². The molecule has 0 saturated heterocycles. The van der Waals surface area contributed by atoms with Gasteiger partial charge in [0.1, 0.15) is 18.2 Å². The number of ether oxygens (including phenoxy) is 1. The van der Waals surface area contributed by atoms with Crippen molar-refractivity contribution in [1.29, 1.82) is 0 Å². The van der Waals surface area contributed by atoms with Crippen LogP contribution in [0.4, 0.5) is 4.39 Å². The number of carbonyl (C=O) groups excluding carboxylic acids is 1. The summed E-state index contributed by atoms with van der Waals surface area (Å²) in [7, 11) is 0. The molecule has 3 N–H and O–H groups in total. The van der Waals surface area contributed by atoms with Gasteiger partial charge in [-0.1, -0.05) is 24.6 Å². The highest BCUT2D eigenvalue weighted by Gasteiger charge is 2.27. The molecule has 2 aromatic rings. The van der Waals surface area contributed by atoms with Crippen molar-refractivity contribution in [2.45, 2.75) is 31.9 Å². The number of benzene rings is 2. The van der Waals surface area contributed by atoms with Crippen molar-refractivity contribution in [2.75, 3.05) is 6.54 Å². The Labute approximate surface area is 159 Å². The van der Waals surface area contributed by atoms with Gasteiger partial charge in [0.25, 0.3) is 5.91 Å². The average Bonchev–Trinajstić information content (AvgIpc) is 3.07. The van der Waals surface area contributed by atoms with Crippen LogP contribution in [0.15, 0.2) is 48.5 Å². The lowest BCUT2D eigenvalue weighted by atomic mass is 10.0. The zero-order valence-corrected chi connectivity index (χ0v) is 15.3. The van der Waals surface area contributed by atoms with Crippen LogP contribution >= 0.6 is 12.4 Å². The minimum absolute atomic E-state index is 0. The fourth-order valence-electron chi connectivity index (χ4n) is 3.29. The van der Waals surface area contributed by atoms with Crippen molar-refractivity contribution in [2.24, 2.45) is 11.7 Å². The Hall–Kier alpha value is -2.11. The molecule has 1 fully saturated rings. The van der Waals surface area contributed by atoms with Crippen LogP contribution in [-0.2, 0) is 6.61 Å². The largest absolute Gasteiger partial charge is 0.489 e. The Morgan fingerprint density at radius 2 is 2.00 bits per heavy atom. The number of halogens is 2. The second-order valence-corrected chi connectivity index (χ2v) is 6.45. The molecule has 1 aliphatic carbocycles. The van der Waals surface area contributed by atoms with Gasteiger partial charge in [-0.25, -0.2) is 4.39 Å². The van der Waals surface area contributed by atoms with Gasteiger partial charge in [0.05, 0.1) is 0 Å². The third-order valence-electron chi connectivity index (χ3n) is 4.67. The van der Waals surface area contributed by atoms with E-state index in [1.54, 1.807) is 24.3 Å². The van der Waals surface area contributed by atoms with Crippen LogP contribution in [0.3, 0.4) is 0 Å². The van der Waals surface area contributed by atoms with Crippen LogP contribution in [0.5, 0.6) is 5.75 Å². The molecule has 1 amide bonds. The van der Waals surface area contributed by atoms with Crippen molar-refractivity contribution in [3.8, 4) is 5.75 Å². The van der Waals surface area contributed by atoms with Gasteiger partial charge in [0.2, 0.25) is 0 Å². The van der Waals surface area contributed by atoms with Gasteiger partial charge in [0.15, 0.2) is 0 Å². The van der Waals surface area contributed by atoms with Gasteiger partial charge in [-0.3, -0.25) is 4.79 Å². The molecular formula is C20H24ClFN2O2. The smallest absolute Gasteiger partial charge is 0.251 e. The maximum Gasteiger partial charge on any atom is 0.251 e. The summed E-state index contributed by atoms with van der Waals surface area (Å²) in [6.45, 7) is 0.881. The zero-order valence-electron chi connectivity index (χ0n) is 14.5. The zero-order chi connectivity index (χ0) is 17.6. The highest BCUT2D eigenvalue weighted by Crippen LogP contribution is 2.25. The van der Waals surface area contributed by atoms with Crippen molar-refractivity contribution in [3.63, 3.8) is 0 Å². The van der Waals surface area contributed by atoms with E-state index in [0.717, 1.165) is 24.8 Å². The molecule has 0 aliphatic heterocycles. The Kier molecular flexibility index (Phi) is 7.42. The van der Waals surface area contributed by atoms with Crippen molar-refractivity contribution >= 4 is 18.3 Å². The first-order valence-electron chi connectivity index (χ1n) is 8.64. The van der Waals surface area contributed by atoms with E-state index in [4.69, 9.17) is 10.5 Å². The maximum atomic E-state index is 13.2. The summed E-state index contributed by atoms with van der Waals surface area (Å²) in [5.41, 5.74) is 7.23. The van der Waals surface area contributed by atoms with Crippen molar-refractivity contribution < 1.29 is 13.9 Å². The van der Waals surface area contributed by atoms with Gasteiger partial charge in [-0.2, -0.15) is 0 Å². The van der Waals surface area contributed by atoms with E-state index in [1.807, 2.05) is 12.1 Å². The van der Waals surface area contributed by atoms with Gasteiger partial charge >= 0.3 is 0 Å². The van der Waals surface area contributed by atoms with Crippen molar-refractivity contribution in [3.05, 3.63) is 65.5 Å². The van der Waals surface area contributed by atoms with Crippen LogP contribution in [0, 0.1) is 11.7 Å². The minimum Gasteiger partial charge on any atom is -0.489 e. The molecule has 1 aliphatic rings. The highest BCUT2D eigenvalue weighted by molar-refractivity contribution is 5.94. The summed E-state index contributed by atoms with van der Waals surface area (Å²) in [6.07, 6.45) is 3.16. The normalized spacial score (nSPS) is 18.8. The topological polar surface area (TPSA) is 64.3 Å². The fraction of sp³-hybridized carbons (Fsp3) is 0.350. The second kappa shape index (κ2) is 9.55. The molecular weight excluding hydrogens is 355 g/mol. The standard InChI is InChI=1S/C20H23FN2O2.ClH/c21-17-7-3-8-18(11-17)25-13-14-4-1-5-15(10-14)20(24)23-19-9-2-6-16(19)12-22;/h1,3-5,7-8,10-11,16,19H,2,6,9,12-13,22H2,(H,23,24);1H. The van der Waals surface area contributed by atoms with E-state index in [1.165, 1.54) is 12.1 Å². The van der Waals surface area contributed by atoms with E-state index in [-0.39, 0.29) is 36.8 Å². The van der Waals surface area contributed by atoms with Crippen LogP contribution in [-0.4, -0.2) is 18.5 Å². The van der Waals surface area contributed by atoms with Crippen LogP contribution < -0.4 is 15.8 Å². The van der Waals surface area contributed by atoms with E-state index < -0.39 is 0 Å². The molecule has 2 aromatic carbocycles. The van der Waals surface area contributed by atoms with Crippen LogP contribution in [0.2, 0.25) is 0 Å². The average molecular weight is 379 g/mol. The third kappa shape index (κ3) is 5.19. The lowest BCUT2D eigenvalue weighted by molar-refractivity contribution is 0.0928. The SMILES string of the molecule is Cl.NCC1CCCC1NC(=O)c1cccc(COc2cccc(F)c2)c1. The van der Waals surface area contributed by atoms with Gasteiger partial charge in [-0.15, -0.1) is 12.4 Å². The number of rotatable bonds is 6. The van der Waals surface area contributed by atoms with Gasteiger partial charge < -0.3 is 15.8 Å². The predicted octanol–water partition coefficient (Wildman–Crippen LogP) is 3.68. The monoisotopic (exact) mass is 378 g/mol. The number of hydrogen-bond acceptors (Lipinski definition) is 3. The Morgan fingerprint density at radius 1 is 1.19 bits per heavy atom. The van der Waals surface area contributed by atoms with Gasteiger partial charge in [-0.05, 0) is 55.1 Å². The number of nitrogens with two attached hydrogens (primary N) is 1. The maximum absolute atomic E-state index is 13.2. The lowest BCUT2D eigenvalue weighted by Crippen LogP contribution is -2.39. The molecule has 0 bridgehead atoms. The Balaban J connectivity index is 0.00000243. The molecule has 0 radical (unpaired) electrons. The van der Waals surface area contributed by atoms with Gasteiger partial charge in [0, 0.05) is 17.7 Å². The van der Waals surface area contributed by atoms with E-state index in [0.29, 0.717) is 23.8 Å². The molecule has 3 rings (SSSR count). The molecule has 0 heterocycles. The first-order valence-corrected chi connectivity index (χ1v) is 8.64. The summed E-state index contributed by atoms with van der Waals surface area (Å²) in [4.78, 5) is 12.5. The number of hydrogen-bond donors (Lipinski definition) is 2. The number of amides is 1. The summed E-state index contributed by atoms with van der Waals surface area (Å²) >= 11 is 0. The predicted molar refractivity (Wildman–Crippen MR) is 102 cm³/mol. The first-order chi connectivity index (χ1) is 12.2. The van der Waals surface area contributed by atoms with E-state index in [9.17, 15) is 9.18 Å². The van der Waals surface area contributed by atoms with Crippen molar-refractivity contribution in [1.82, 2.24) is 5.32 Å². The molecule has 0 aromatic heterocycles. The molecule has 2 unspecified atom stereocenters. The summed E-state index contributed by atoms with van der Waals surface area (Å²) in [6, 6.07) is 13.5. The molecule has 6 heteroatoms. The fourth-order valence-corrected chi connectivity index (χ4v) is 3.29. The number of carbonyl (C=O) groups is 1. The molecule has 0 spiro atoms. The molecule has 2 atom stereocenters. The Morgan fingerprint density at radius 3 is 2.77 bits per heavy atom. The second-order valence-electron chi connectivity index (χ2n) is 6.45. The first kappa shape index (κ1) is 20.2. The summed E-state index contributed by atoms with van der Waals surface area (Å²) in [5, 5.41) is 3.10. The van der Waals surface area contributed by atoms with Crippen LogP contribution in [0.25, 0.3) is 0 Å². The molecule has 1 saturated carbocycles. The molecule has 26 heavy (non-hydrogen) atoms. The lowest BCUT2D eigenvalue weighted by Gasteiger charge is -2.19. The third-order valence-corrected chi connectivity index (χ3v) is 4.67.